The molecule has 0 aliphatic heterocycles. The minimum absolute atomic E-state index is 0.0162. The number of H-pyrrole nitrogens is 1. The van der Waals surface area contributed by atoms with Crippen LogP contribution < -0.4 is 0 Å². The number of hydrogen-bond donors (Lipinski definition) is 1. The molecule has 1 saturated carbocycles. The molecule has 13 heavy (non-hydrogen) atoms. The summed E-state index contributed by atoms with van der Waals surface area (Å²) in [6.45, 7) is 0. The monoisotopic (exact) mass is 175 g/mol. The molecule has 0 spiro atoms. The summed E-state index contributed by atoms with van der Waals surface area (Å²) in [5, 5.41) is 9.05. The average Bonchev–Trinajstić information content (AvgIpc) is 2.76. The molecule has 3 nitrogen and oxygen atoms in total. The number of nitrogens with one attached hydrogen (secondary N) is 1. The Morgan fingerprint density at radius 1 is 1.54 bits per heavy atom. The highest BCUT2D eigenvalue weighted by Gasteiger charge is 2.27. The van der Waals surface area contributed by atoms with Gasteiger partial charge in [-0.05, 0) is 18.8 Å². The summed E-state index contributed by atoms with van der Waals surface area (Å²) in [6, 6.07) is 2.35. The zero-order chi connectivity index (χ0) is 9.10. The standard InChI is InChI=1S/C10H13N3/c11-7-9(8-3-1-2-4-8)10-12-5-6-13-10/h5-6,8-9H,1-4H2,(H,12,13). The SMILES string of the molecule is N#CC(c1ncc[nH]1)C1CCCC1. The van der Waals surface area contributed by atoms with Crippen molar-refractivity contribution < 1.29 is 0 Å². The van der Waals surface area contributed by atoms with Gasteiger partial charge in [-0.25, -0.2) is 4.98 Å². The van der Waals surface area contributed by atoms with Crippen LogP contribution in [-0.4, -0.2) is 9.97 Å². The van der Waals surface area contributed by atoms with Crippen LogP contribution >= 0.6 is 0 Å². The van der Waals surface area contributed by atoms with Crippen molar-refractivity contribution in [2.75, 3.05) is 0 Å². The lowest BCUT2D eigenvalue weighted by atomic mass is 9.91. The molecule has 1 aromatic rings. The van der Waals surface area contributed by atoms with E-state index in [1.165, 1.54) is 25.7 Å². The van der Waals surface area contributed by atoms with Crippen LogP contribution in [0.5, 0.6) is 0 Å². The van der Waals surface area contributed by atoms with Crippen molar-refractivity contribution in [1.29, 1.82) is 5.26 Å². The lowest BCUT2D eigenvalue weighted by molar-refractivity contribution is 0.487. The molecule has 0 bridgehead atoms. The third-order valence-electron chi connectivity index (χ3n) is 2.82. The van der Waals surface area contributed by atoms with Gasteiger partial charge < -0.3 is 4.98 Å². The van der Waals surface area contributed by atoms with Gasteiger partial charge in [0, 0.05) is 12.4 Å². The fraction of sp³-hybridized carbons (Fsp3) is 0.600. The van der Waals surface area contributed by atoms with Gasteiger partial charge in [-0.1, -0.05) is 12.8 Å². The molecule has 1 aromatic heterocycles. The highest BCUT2D eigenvalue weighted by molar-refractivity contribution is 5.11. The molecule has 1 aliphatic rings. The van der Waals surface area contributed by atoms with Gasteiger partial charge in [0.2, 0.25) is 0 Å². The molecule has 1 unspecified atom stereocenters. The number of nitrogens with zero attached hydrogens (tertiary/aromatic N) is 2. The Balaban J connectivity index is 2.14. The van der Waals surface area contributed by atoms with Crippen molar-refractivity contribution in [2.24, 2.45) is 5.92 Å². The number of hydrogen-bond acceptors (Lipinski definition) is 2. The predicted molar refractivity (Wildman–Crippen MR) is 48.9 cm³/mol. The van der Waals surface area contributed by atoms with Gasteiger partial charge in [-0.15, -0.1) is 0 Å². The molecule has 1 N–H and O–H groups in total. The maximum absolute atomic E-state index is 9.05. The molecule has 1 atom stereocenters. The third-order valence-corrected chi connectivity index (χ3v) is 2.82. The summed E-state index contributed by atoms with van der Waals surface area (Å²) in [6.07, 6.45) is 8.40. The summed E-state index contributed by atoms with van der Waals surface area (Å²) < 4.78 is 0. The smallest absolute Gasteiger partial charge is 0.123 e. The molecular formula is C10H13N3. The predicted octanol–water partition coefficient (Wildman–Crippen LogP) is 2.21. The van der Waals surface area contributed by atoms with E-state index in [-0.39, 0.29) is 5.92 Å². The first-order valence-corrected chi connectivity index (χ1v) is 4.80. The number of aromatic nitrogens is 2. The van der Waals surface area contributed by atoms with Crippen LogP contribution in [-0.2, 0) is 0 Å². The van der Waals surface area contributed by atoms with Crippen LogP contribution in [0.3, 0.4) is 0 Å². The van der Waals surface area contributed by atoms with Gasteiger partial charge in [0.1, 0.15) is 11.7 Å². The minimum atomic E-state index is -0.0162. The highest BCUT2D eigenvalue weighted by Crippen LogP contribution is 2.35. The van der Waals surface area contributed by atoms with Crippen molar-refractivity contribution in [3.8, 4) is 6.07 Å². The quantitative estimate of drug-likeness (QED) is 0.749. The average molecular weight is 175 g/mol. The van der Waals surface area contributed by atoms with E-state index in [4.69, 9.17) is 5.26 Å². The molecule has 0 aromatic carbocycles. The first kappa shape index (κ1) is 8.31. The second-order valence-electron chi connectivity index (χ2n) is 3.63. The molecule has 1 aliphatic carbocycles. The van der Waals surface area contributed by atoms with Gasteiger partial charge in [0.05, 0.1) is 6.07 Å². The van der Waals surface area contributed by atoms with Crippen molar-refractivity contribution >= 4 is 0 Å². The van der Waals surface area contributed by atoms with Gasteiger partial charge >= 0.3 is 0 Å². The topological polar surface area (TPSA) is 52.5 Å². The first-order chi connectivity index (χ1) is 6.42. The van der Waals surface area contributed by atoms with E-state index in [9.17, 15) is 0 Å². The van der Waals surface area contributed by atoms with Crippen LogP contribution in [0.15, 0.2) is 12.4 Å². The molecule has 1 heterocycles. The van der Waals surface area contributed by atoms with Gasteiger partial charge in [0.15, 0.2) is 0 Å². The Morgan fingerprint density at radius 2 is 2.31 bits per heavy atom. The summed E-state index contributed by atoms with van der Waals surface area (Å²) >= 11 is 0. The van der Waals surface area contributed by atoms with Gasteiger partial charge in [-0.2, -0.15) is 5.26 Å². The molecule has 0 saturated heterocycles. The number of aromatic amines is 1. The van der Waals surface area contributed by atoms with Gasteiger partial charge in [-0.3, -0.25) is 0 Å². The molecule has 68 valence electrons. The van der Waals surface area contributed by atoms with E-state index in [1.807, 2.05) is 0 Å². The summed E-state index contributed by atoms with van der Waals surface area (Å²) in [5.74, 6) is 1.35. The second kappa shape index (κ2) is 3.61. The largest absolute Gasteiger partial charge is 0.347 e. The Morgan fingerprint density at radius 3 is 2.85 bits per heavy atom. The van der Waals surface area contributed by atoms with E-state index in [1.54, 1.807) is 12.4 Å². The molecule has 0 amide bonds. The molecule has 2 rings (SSSR count). The number of nitriles is 1. The van der Waals surface area contributed by atoms with E-state index < -0.39 is 0 Å². The summed E-state index contributed by atoms with van der Waals surface area (Å²) in [4.78, 5) is 7.19. The van der Waals surface area contributed by atoms with E-state index in [2.05, 4.69) is 16.0 Å². The lowest BCUT2D eigenvalue weighted by Gasteiger charge is -2.12. The first-order valence-electron chi connectivity index (χ1n) is 4.80. The highest BCUT2D eigenvalue weighted by atomic mass is 14.9. The van der Waals surface area contributed by atoms with Crippen molar-refractivity contribution in [1.82, 2.24) is 9.97 Å². The number of rotatable bonds is 2. The Hall–Kier alpha value is -1.30. The Labute approximate surface area is 77.8 Å². The van der Waals surface area contributed by atoms with Crippen molar-refractivity contribution in [3.05, 3.63) is 18.2 Å². The van der Waals surface area contributed by atoms with Crippen LogP contribution in [0.4, 0.5) is 0 Å². The fourth-order valence-corrected chi connectivity index (χ4v) is 2.13. The van der Waals surface area contributed by atoms with Crippen molar-refractivity contribution in [2.45, 2.75) is 31.6 Å². The normalized spacial score (nSPS) is 19.9. The molecule has 1 fully saturated rings. The van der Waals surface area contributed by atoms with Crippen LogP contribution in [0.2, 0.25) is 0 Å². The van der Waals surface area contributed by atoms with Crippen LogP contribution in [0.1, 0.15) is 37.4 Å². The van der Waals surface area contributed by atoms with Crippen LogP contribution in [0.25, 0.3) is 0 Å². The number of imidazole rings is 1. The fourth-order valence-electron chi connectivity index (χ4n) is 2.13. The van der Waals surface area contributed by atoms with E-state index in [0.29, 0.717) is 5.92 Å². The van der Waals surface area contributed by atoms with E-state index in [0.717, 1.165) is 5.82 Å². The summed E-state index contributed by atoms with van der Waals surface area (Å²) in [7, 11) is 0. The Bertz CT molecular complexity index is 290. The maximum atomic E-state index is 9.05. The molecule has 0 radical (unpaired) electrons. The lowest BCUT2D eigenvalue weighted by Crippen LogP contribution is -2.09. The maximum Gasteiger partial charge on any atom is 0.123 e. The van der Waals surface area contributed by atoms with E-state index >= 15 is 0 Å². The zero-order valence-corrected chi connectivity index (χ0v) is 7.53. The third kappa shape index (κ3) is 1.57. The van der Waals surface area contributed by atoms with Gasteiger partial charge in [0.25, 0.3) is 0 Å². The zero-order valence-electron chi connectivity index (χ0n) is 7.53. The molecular weight excluding hydrogens is 162 g/mol. The Kier molecular flexibility index (Phi) is 2.31. The molecule has 3 heteroatoms. The van der Waals surface area contributed by atoms with Crippen LogP contribution in [0, 0.1) is 17.2 Å². The van der Waals surface area contributed by atoms with Crippen molar-refractivity contribution in [3.63, 3.8) is 0 Å². The second-order valence-corrected chi connectivity index (χ2v) is 3.63. The minimum Gasteiger partial charge on any atom is -0.347 e. The summed E-state index contributed by atoms with van der Waals surface area (Å²) in [5.41, 5.74) is 0.